The van der Waals surface area contributed by atoms with E-state index in [0.29, 0.717) is 36.0 Å². The van der Waals surface area contributed by atoms with Crippen molar-refractivity contribution in [2.75, 3.05) is 0 Å². The summed E-state index contributed by atoms with van der Waals surface area (Å²) in [4.78, 5) is 25.6. The molecular formula is C30H50O4. The van der Waals surface area contributed by atoms with E-state index in [1.807, 2.05) is 6.92 Å². The van der Waals surface area contributed by atoms with E-state index in [-0.39, 0.29) is 29.1 Å². The quantitative estimate of drug-likeness (QED) is 0.294. The lowest BCUT2D eigenvalue weighted by Gasteiger charge is -2.43. The maximum atomic E-state index is 13.5. The highest BCUT2D eigenvalue weighted by Crippen LogP contribution is 2.58. The van der Waals surface area contributed by atoms with Crippen LogP contribution in [0.1, 0.15) is 119 Å². The molecule has 4 heteroatoms. The fourth-order valence-corrected chi connectivity index (χ4v) is 8.95. The topological polar surface area (TPSA) is 52.6 Å². The SMILES string of the molecule is CCC(=O)OC(C)(CC)C1CC2CC(CC(C)C(=O)OC(CC)(CC)C3CC4CCC3C4)C1C2. The maximum Gasteiger partial charge on any atom is 0.309 e. The van der Waals surface area contributed by atoms with E-state index < -0.39 is 0 Å². The van der Waals surface area contributed by atoms with Gasteiger partial charge in [0.1, 0.15) is 11.2 Å². The molecule has 0 amide bonds. The Hall–Kier alpha value is -1.06. The standard InChI is InChI=1S/C30H50O4/c1-7-27(31)33-29(6,8-2)26-18-21-15-23(24(26)16-21)13-19(5)28(32)34-30(9-3,10-4)25-17-20-11-12-22(25)14-20/h19-26H,7-18H2,1-6H3. The second-order valence-electron chi connectivity index (χ2n) is 12.7. The first-order valence-electron chi connectivity index (χ1n) is 14.6. The molecule has 0 spiro atoms. The number of rotatable bonds is 11. The summed E-state index contributed by atoms with van der Waals surface area (Å²) in [7, 11) is 0. The Morgan fingerprint density at radius 1 is 0.853 bits per heavy atom. The van der Waals surface area contributed by atoms with Gasteiger partial charge in [-0.15, -0.1) is 0 Å². The predicted octanol–water partition coefficient (Wildman–Crippen LogP) is 7.34. The molecule has 4 aliphatic carbocycles. The van der Waals surface area contributed by atoms with E-state index in [1.165, 1.54) is 44.9 Å². The van der Waals surface area contributed by atoms with Gasteiger partial charge in [0.2, 0.25) is 0 Å². The zero-order valence-electron chi connectivity index (χ0n) is 22.7. The van der Waals surface area contributed by atoms with Crippen LogP contribution in [-0.4, -0.2) is 23.1 Å². The van der Waals surface area contributed by atoms with Crippen LogP contribution in [0.5, 0.6) is 0 Å². The van der Waals surface area contributed by atoms with Gasteiger partial charge in [-0.2, -0.15) is 0 Å². The zero-order valence-corrected chi connectivity index (χ0v) is 22.7. The van der Waals surface area contributed by atoms with E-state index in [0.717, 1.165) is 37.5 Å². The predicted molar refractivity (Wildman–Crippen MR) is 135 cm³/mol. The number of fused-ring (bicyclic) bond motifs is 4. The highest BCUT2D eigenvalue weighted by Gasteiger charge is 2.55. The molecule has 4 rings (SSSR count). The van der Waals surface area contributed by atoms with Crippen molar-refractivity contribution in [3.8, 4) is 0 Å². The highest BCUT2D eigenvalue weighted by atomic mass is 16.6. The Balaban J connectivity index is 1.39. The average molecular weight is 475 g/mol. The molecule has 0 saturated heterocycles. The third-order valence-corrected chi connectivity index (χ3v) is 11.0. The molecule has 0 aliphatic heterocycles. The van der Waals surface area contributed by atoms with Crippen molar-refractivity contribution in [3.05, 3.63) is 0 Å². The number of hydrogen-bond acceptors (Lipinski definition) is 4. The van der Waals surface area contributed by atoms with Crippen LogP contribution in [0.25, 0.3) is 0 Å². The average Bonchev–Trinajstić information content (AvgIpc) is 3.63. The lowest BCUT2D eigenvalue weighted by atomic mass is 9.69. The Morgan fingerprint density at radius 3 is 2.09 bits per heavy atom. The molecule has 0 N–H and O–H groups in total. The van der Waals surface area contributed by atoms with Crippen molar-refractivity contribution in [1.82, 2.24) is 0 Å². The molecule has 0 aromatic rings. The van der Waals surface area contributed by atoms with Crippen LogP contribution >= 0.6 is 0 Å². The van der Waals surface area contributed by atoms with Gasteiger partial charge in [0, 0.05) is 18.3 Å². The molecule has 4 fully saturated rings. The molecule has 0 aromatic heterocycles. The van der Waals surface area contributed by atoms with E-state index in [9.17, 15) is 9.59 Å². The largest absolute Gasteiger partial charge is 0.459 e. The van der Waals surface area contributed by atoms with Crippen LogP contribution in [0.4, 0.5) is 0 Å². The van der Waals surface area contributed by atoms with E-state index in [4.69, 9.17) is 9.47 Å². The Morgan fingerprint density at radius 2 is 1.56 bits per heavy atom. The van der Waals surface area contributed by atoms with Crippen LogP contribution in [0.2, 0.25) is 0 Å². The highest BCUT2D eigenvalue weighted by molar-refractivity contribution is 5.72. The third kappa shape index (κ3) is 4.69. The molecule has 34 heavy (non-hydrogen) atoms. The molecule has 4 nitrogen and oxygen atoms in total. The number of carbonyl (C=O) groups is 2. The molecule has 4 saturated carbocycles. The molecular weight excluding hydrogens is 424 g/mol. The van der Waals surface area contributed by atoms with Gasteiger partial charge < -0.3 is 9.47 Å². The van der Waals surface area contributed by atoms with Crippen molar-refractivity contribution in [3.63, 3.8) is 0 Å². The molecule has 4 aliphatic rings. The molecule has 0 heterocycles. The van der Waals surface area contributed by atoms with Crippen molar-refractivity contribution in [2.24, 2.45) is 47.3 Å². The number of hydrogen-bond donors (Lipinski definition) is 0. The summed E-state index contributed by atoms with van der Waals surface area (Å²) in [6.07, 6.45) is 13.0. The van der Waals surface area contributed by atoms with Crippen molar-refractivity contribution < 1.29 is 19.1 Å². The number of ether oxygens (including phenoxy) is 2. The minimum atomic E-state index is -0.379. The van der Waals surface area contributed by atoms with E-state index >= 15 is 0 Å². The normalized spacial score (nSPS) is 36.9. The summed E-state index contributed by atoms with van der Waals surface area (Å²) < 4.78 is 12.5. The minimum absolute atomic E-state index is 0.0291. The van der Waals surface area contributed by atoms with Gasteiger partial charge in [-0.3, -0.25) is 9.59 Å². The monoisotopic (exact) mass is 474 g/mol. The van der Waals surface area contributed by atoms with Crippen LogP contribution in [0.15, 0.2) is 0 Å². The summed E-state index contributed by atoms with van der Waals surface area (Å²) in [5.74, 6) is 4.29. The first-order valence-corrected chi connectivity index (χ1v) is 14.6. The number of carbonyl (C=O) groups excluding carboxylic acids is 2. The van der Waals surface area contributed by atoms with Crippen molar-refractivity contribution in [1.29, 1.82) is 0 Å². The lowest BCUT2D eigenvalue weighted by Crippen LogP contribution is -2.46. The first-order chi connectivity index (χ1) is 16.2. The summed E-state index contributed by atoms with van der Waals surface area (Å²) >= 11 is 0. The Bertz CT molecular complexity index is 742. The van der Waals surface area contributed by atoms with Gasteiger partial charge in [0.05, 0.1) is 5.92 Å². The van der Waals surface area contributed by atoms with Gasteiger partial charge in [-0.1, -0.05) is 41.0 Å². The second-order valence-corrected chi connectivity index (χ2v) is 12.7. The van der Waals surface area contributed by atoms with E-state index in [1.54, 1.807) is 0 Å². The molecule has 194 valence electrons. The molecule has 9 atom stereocenters. The van der Waals surface area contributed by atoms with Gasteiger partial charge in [-0.25, -0.2) is 0 Å². The molecule has 0 aromatic carbocycles. The van der Waals surface area contributed by atoms with Gasteiger partial charge >= 0.3 is 11.9 Å². The Labute approximate surface area is 208 Å². The Kier molecular flexibility index (Phi) is 7.75. The van der Waals surface area contributed by atoms with Gasteiger partial charge in [0.15, 0.2) is 0 Å². The smallest absolute Gasteiger partial charge is 0.309 e. The molecule has 9 unspecified atom stereocenters. The lowest BCUT2D eigenvalue weighted by molar-refractivity contribution is -0.176. The molecule has 4 bridgehead atoms. The number of esters is 2. The fraction of sp³-hybridized carbons (Fsp3) is 0.933. The summed E-state index contributed by atoms with van der Waals surface area (Å²) in [5, 5.41) is 0. The zero-order chi connectivity index (χ0) is 24.7. The summed E-state index contributed by atoms with van der Waals surface area (Å²) in [6, 6.07) is 0. The van der Waals surface area contributed by atoms with Crippen molar-refractivity contribution >= 4 is 11.9 Å². The second kappa shape index (κ2) is 10.1. The fourth-order valence-electron chi connectivity index (χ4n) is 8.95. The van der Waals surface area contributed by atoms with Gasteiger partial charge in [-0.05, 0) is 101 Å². The molecule has 0 radical (unpaired) electrons. The third-order valence-electron chi connectivity index (χ3n) is 11.0. The first kappa shape index (κ1) is 26.0. The van der Waals surface area contributed by atoms with Crippen LogP contribution in [-0.2, 0) is 19.1 Å². The van der Waals surface area contributed by atoms with Crippen LogP contribution < -0.4 is 0 Å². The minimum Gasteiger partial charge on any atom is -0.459 e. The van der Waals surface area contributed by atoms with Gasteiger partial charge in [0.25, 0.3) is 0 Å². The summed E-state index contributed by atoms with van der Waals surface area (Å²) in [5.41, 5.74) is -0.645. The summed E-state index contributed by atoms with van der Waals surface area (Å²) in [6.45, 7) is 12.7. The van der Waals surface area contributed by atoms with Crippen molar-refractivity contribution in [2.45, 2.75) is 130 Å². The maximum absolute atomic E-state index is 13.5. The van der Waals surface area contributed by atoms with E-state index in [2.05, 4.69) is 34.6 Å². The van der Waals surface area contributed by atoms with Crippen LogP contribution in [0.3, 0.4) is 0 Å². The van der Waals surface area contributed by atoms with Crippen LogP contribution in [0, 0.1) is 47.3 Å².